The van der Waals surface area contributed by atoms with Crippen LogP contribution < -0.4 is 15.5 Å². The first-order chi connectivity index (χ1) is 26.2. The lowest BCUT2D eigenvalue weighted by atomic mass is 9.84. The quantitative estimate of drug-likeness (QED) is 0.148. The number of para-hydroxylation sites is 1. The van der Waals surface area contributed by atoms with Crippen molar-refractivity contribution in [1.29, 1.82) is 0 Å². The Morgan fingerprint density at radius 1 is 0.852 bits per heavy atom. The lowest BCUT2D eigenvalue weighted by molar-refractivity contribution is -0.276. The molecule has 4 atom stereocenters. The number of carboxylic acids is 1. The van der Waals surface area contributed by atoms with E-state index in [-0.39, 0.29) is 49.4 Å². The Hall–Kier alpha value is -5.07. The number of rotatable bonds is 12. The van der Waals surface area contributed by atoms with Gasteiger partial charge in [-0.1, -0.05) is 91.9 Å². The first-order valence-corrected chi connectivity index (χ1v) is 18.7. The summed E-state index contributed by atoms with van der Waals surface area (Å²) >= 11 is 0. The molecule has 3 saturated heterocycles. The van der Waals surface area contributed by atoms with Crippen molar-refractivity contribution in [2.24, 2.45) is 5.92 Å². The van der Waals surface area contributed by atoms with Crippen LogP contribution in [-0.4, -0.2) is 70.8 Å². The number of nitrogens with one attached hydrogen (secondary N) is 2. The minimum absolute atomic E-state index is 0.0252. The summed E-state index contributed by atoms with van der Waals surface area (Å²) < 4.78 is 13.5. The van der Waals surface area contributed by atoms with Gasteiger partial charge in [0.25, 0.3) is 0 Å². The Labute approximate surface area is 315 Å². The van der Waals surface area contributed by atoms with Gasteiger partial charge < -0.3 is 40.1 Å². The number of amides is 2. The maximum atomic E-state index is 13.3. The van der Waals surface area contributed by atoms with Gasteiger partial charge in [-0.2, -0.15) is 0 Å². The van der Waals surface area contributed by atoms with Crippen molar-refractivity contribution < 1.29 is 34.1 Å². The van der Waals surface area contributed by atoms with E-state index < -0.39 is 17.8 Å². The molecule has 11 heteroatoms. The number of aliphatic carboxylic acids is 1. The molecule has 2 amide bonds. The number of likely N-dealkylation sites (tertiary alicyclic amines) is 1. The molecule has 1 spiro atoms. The first kappa shape index (κ1) is 37.3. The molecule has 4 aromatic rings. The average Bonchev–Trinajstić information content (AvgIpc) is 3.52. The molecular weight excluding hydrogens is 684 g/mol. The molecule has 3 aliphatic heterocycles. The Balaban J connectivity index is 1.06. The molecule has 3 heterocycles. The number of piperidine rings is 1. The van der Waals surface area contributed by atoms with Crippen molar-refractivity contribution in [3.05, 3.63) is 125 Å². The summed E-state index contributed by atoms with van der Waals surface area (Å²) in [5.41, 5.74) is 6.16. The highest BCUT2D eigenvalue weighted by molar-refractivity contribution is 5.93. The third-order valence-corrected chi connectivity index (χ3v) is 11.1. The largest absolute Gasteiger partial charge is 0.481 e. The summed E-state index contributed by atoms with van der Waals surface area (Å²) in [5.74, 6) is -1.17. The minimum Gasteiger partial charge on any atom is -0.481 e. The van der Waals surface area contributed by atoms with Crippen molar-refractivity contribution in [3.63, 3.8) is 0 Å². The molecule has 4 unspecified atom stereocenters. The second-order valence-corrected chi connectivity index (χ2v) is 14.6. The molecule has 54 heavy (non-hydrogen) atoms. The number of carboxylic acid groups (broad SMARTS) is 1. The Bertz CT molecular complexity index is 1910. The third kappa shape index (κ3) is 8.19. The van der Waals surface area contributed by atoms with Crippen molar-refractivity contribution in [2.75, 3.05) is 31.2 Å². The highest BCUT2D eigenvalue weighted by Crippen LogP contribution is 2.43. The van der Waals surface area contributed by atoms with E-state index in [1.165, 1.54) is 0 Å². The maximum Gasteiger partial charge on any atom is 0.303 e. The highest BCUT2D eigenvalue weighted by Gasteiger charge is 2.51. The minimum atomic E-state index is -0.997. The number of carbonyl (C=O) groups is 3. The van der Waals surface area contributed by atoms with Gasteiger partial charge in [0, 0.05) is 49.8 Å². The van der Waals surface area contributed by atoms with Crippen LogP contribution >= 0.6 is 0 Å². The van der Waals surface area contributed by atoms with Crippen LogP contribution in [0.25, 0.3) is 11.1 Å². The third-order valence-electron chi connectivity index (χ3n) is 11.1. The predicted molar refractivity (Wildman–Crippen MR) is 204 cm³/mol. The average molecular weight is 733 g/mol. The molecule has 7 rings (SSSR count). The topological polar surface area (TPSA) is 141 Å². The summed E-state index contributed by atoms with van der Waals surface area (Å²) in [4.78, 5) is 40.8. The lowest BCUT2D eigenvalue weighted by Crippen LogP contribution is -2.57. The summed E-state index contributed by atoms with van der Waals surface area (Å²) in [6, 6.07) is 34.1. The fourth-order valence-corrected chi connectivity index (χ4v) is 7.92. The van der Waals surface area contributed by atoms with Crippen molar-refractivity contribution >= 4 is 23.5 Å². The van der Waals surface area contributed by atoms with E-state index in [0.717, 1.165) is 65.0 Å². The number of carbonyl (C=O) groups excluding carboxylic acids is 2. The normalized spacial score (nSPS) is 22.6. The van der Waals surface area contributed by atoms with Crippen LogP contribution in [0.4, 0.5) is 5.69 Å². The second kappa shape index (κ2) is 16.5. The van der Waals surface area contributed by atoms with Gasteiger partial charge in [0.1, 0.15) is 5.54 Å². The van der Waals surface area contributed by atoms with Crippen LogP contribution in [0.1, 0.15) is 67.3 Å². The van der Waals surface area contributed by atoms with E-state index in [0.29, 0.717) is 19.8 Å². The standard InChI is InChI=1S/C43H48N4O7/c1-29-37(26-46-22-20-43(21-23-46)42(52)45-28-47(43)36-8-3-2-4-9-36)53-41(54-40(29)33-12-10-30(27-48)11-13-33)34-16-14-32(15-17-34)35-7-5-6-31(24-35)25-44-38(49)18-19-39(50)51/h2-17,24,29,37,40-41,48H,18-23,25-28H2,1H3,(H,44,49)(H,45,52)(H,50,51). The number of hydrogen-bond donors (Lipinski definition) is 4. The predicted octanol–water partition coefficient (Wildman–Crippen LogP) is 5.55. The van der Waals surface area contributed by atoms with E-state index >= 15 is 0 Å². The van der Waals surface area contributed by atoms with Crippen LogP contribution in [0.2, 0.25) is 0 Å². The van der Waals surface area contributed by atoms with Gasteiger partial charge >= 0.3 is 5.97 Å². The molecule has 3 aliphatic rings. The summed E-state index contributed by atoms with van der Waals surface area (Å²) in [6.07, 6.45) is 0.192. The maximum absolute atomic E-state index is 13.3. The van der Waals surface area contributed by atoms with Crippen LogP contribution in [-0.2, 0) is 37.0 Å². The van der Waals surface area contributed by atoms with E-state index in [1.807, 2.05) is 91.0 Å². The lowest BCUT2D eigenvalue weighted by Gasteiger charge is -2.46. The molecule has 282 valence electrons. The Morgan fingerprint density at radius 2 is 1.57 bits per heavy atom. The molecule has 11 nitrogen and oxygen atoms in total. The smallest absolute Gasteiger partial charge is 0.303 e. The molecule has 0 bridgehead atoms. The Kier molecular flexibility index (Phi) is 11.4. The number of aliphatic hydroxyl groups is 1. The van der Waals surface area contributed by atoms with E-state index in [1.54, 1.807) is 0 Å². The zero-order valence-corrected chi connectivity index (χ0v) is 30.5. The second-order valence-electron chi connectivity index (χ2n) is 14.6. The van der Waals surface area contributed by atoms with Crippen molar-refractivity contribution in [1.82, 2.24) is 15.5 Å². The molecule has 0 aromatic heterocycles. The summed E-state index contributed by atoms with van der Waals surface area (Å²) in [5, 5.41) is 24.4. The molecular formula is C43H48N4O7. The van der Waals surface area contributed by atoms with Crippen LogP contribution in [0, 0.1) is 5.92 Å². The van der Waals surface area contributed by atoms with Crippen molar-refractivity contribution in [2.45, 2.75) is 69.8 Å². The van der Waals surface area contributed by atoms with Crippen LogP contribution in [0.15, 0.2) is 103 Å². The van der Waals surface area contributed by atoms with Gasteiger partial charge in [-0.3, -0.25) is 14.4 Å². The molecule has 0 saturated carbocycles. The fourth-order valence-electron chi connectivity index (χ4n) is 7.92. The zero-order valence-electron chi connectivity index (χ0n) is 30.5. The number of hydrogen-bond acceptors (Lipinski definition) is 8. The SMILES string of the molecule is CC1C(CN2CCC3(CC2)C(=O)NCN3c2ccccc2)OC(c2ccc(-c3cccc(CNC(=O)CCC(=O)O)c3)cc2)OC1c1ccc(CO)cc1. The molecule has 4 N–H and O–H groups in total. The van der Waals surface area contributed by atoms with Crippen LogP contribution in [0.3, 0.4) is 0 Å². The Morgan fingerprint density at radius 3 is 2.28 bits per heavy atom. The van der Waals surface area contributed by atoms with Gasteiger partial charge in [-0.15, -0.1) is 0 Å². The van der Waals surface area contributed by atoms with Gasteiger partial charge in [-0.25, -0.2) is 0 Å². The van der Waals surface area contributed by atoms with Crippen molar-refractivity contribution in [3.8, 4) is 11.1 Å². The number of ether oxygens (including phenoxy) is 2. The molecule has 3 fully saturated rings. The number of anilines is 1. The van der Waals surface area contributed by atoms with Gasteiger partial charge in [-0.05, 0) is 58.9 Å². The summed E-state index contributed by atoms with van der Waals surface area (Å²) in [7, 11) is 0. The first-order valence-electron chi connectivity index (χ1n) is 18.7. The van der Waals surface area contributed by atoms with Crippen LogP contribution in [0.5, 0.6) is 0 Å². The van der Waals surface area contributed by atoms with Gasteiger partial charge in [0.05, 0.1) is 31.9 Å². The van der Waals surface area contributed by atoms with E-state index in [2.05, 4.69) is 39.5 Å². The highest BCUT2D eigenvalue weighted by atomic mass is 16.7. The van der Waals surface area contributed by atoms with E-state index in [9.17, 15) is 19.5 Å². The molecule has 4 aromatic carbocycles. The monoisotopic (exact) mass is 732 g/mol. The van der Waals surface area contributed by atoms with Gasteiger partial charge in [0.15, 0.2) is 6.29 Å². The van der Waals surface area contributed by atoms with E-state index in [4.69, 9.17) is 14.6 Å². The number of nitrogens with zero attached hydrogens (tertiary/aromatic N) is 2. The zero-order chi connectivity index (χ0) is 37.7. The van der Waals surface area contributed by atoms with Gasteiger partial charge in [0.2, 0.25) is 11.8 Å². The molecule has 0 radical (unpaired) electrons. The molecule has 0 aliphatic carbocycles. The summed E-state index contributed by atoms with van der Waals surface area (Å²) in [6.45, 7) is 5.21. The number of benzene rings is 4. The fraction of sp³-hybridized carbons (Fsp3) is 0.372. The number of aliphatic hydroxyl groups excluding tert-OH is 1.